The molecule has 1 atom stereocenters. The quantitative estimate of drug-likeness (QED) is 0.849. The van der Waals surface area contributed by atoms with E-state index in [1.54, 1.807) is 11.3 Å². The summed E-state index contributed by atoms with van der Waals surface area (Å²) in [5, 5.41) is 0.167. The fraction of sp³-hybridized carbons (Fsp3) is 0.444. The van der Waals surface area contributed by atoms with Gasteiger partial charge in [-0.25, -0.2) is 0 Å². The topological polar surface area (TPSA) is 52.3 Å². The predicted octanol–water partition coefficient (Wildman–Crippen LogP) is 2.42. The van der Waals surface area contributed by atoms with Crippen molar-refractivity contribution < 1.29 is 9.53 Å². The molecular formula is C9H12BrNO2S2. The third kappa shape index (κ3) is 4.14. The van der Waals surface area contributed by atoms with Crippen LogP contribution in [0.4, 0.5) is 0 Å². The molecule has 15 heavy (non-hydrogen) atoms. The van der Waals surface area contributed by atoms with Gasteiger partial charge in [-0.2, -0.15) is 0 Å². The van der Waals surface area contributed by atoms with E-state index in [4.69, 9.17) is 5.73 Å². The molecule has 0 aliphatic heterocycles. The van der Waals surface area contributed by atoms with Gasteiger partial charge in [0.25, 0.3) is 0 Å². The van der Waals surface area contributed by atoms with Crippen LogP contribution in [0.1, 0.15) is 10.1 Å². The molecule has 0 aliphatic carbocycles. The van der Waals surface area contributed by atoms with Crippen molar-refractivity contribution in [2.75, 3.05) is 19.4 Å². The lowest BCUT2D eigenvalue weighted by molar-refractivity contribution is -0.137. The summed E-state index contributed by atoms with van der Waals surface area (Å²) in [5.41, 5.74) is 5.66. The van der Waals surface area contributed by atoms with Gasteiger partial charge in [0.1, 0.15) is 0 Å². The molecule has 1 rings (SSSR count). The van der Waals surface area contributed by atoms with E-state index >= 15 is 0 Å². The first-order valence-corrected chi connectivity index (χ1v) is 6.97. The van der Waals surface area contributed by atoms with E-state index in [9.17, 15) is 4.79 Å². The van der Waals surface area contributed by atoms with Crippen LogP contribution in [0, 0.1) is 0 Å². The second-order valence-corrected chi connectivity index (χ2v) is 6.44. The first kappa shape index (κ1) is 13.0. The number of rotatable bonds is 5. The third-order valence-electron chi connectivity index (χ3n) is 1.76. The second kappa shape index (κ2) is 6.52. The zero-order valence-corrected chi connectivity index (χ0v) is 11.5. The van der Waals surface area contributed by atoms with Gasteiger partial charge in [-0.15, -0.1) is 23.1 Å². The highest BCUT2D eigenvalue weighted by molar-refractivity contribution is 9.11. The van der Waals surface area contributed by atoms with Crippen molar-refractivity contribution in [2.45, 2.75) is 5.25 Å². The molecule has 6 heteroatoms. The van der Waals surface area contributed by atoms with Crippen LogP contribution in [0.15, 0.2) is 15.9 Å². The Kier molecular flexibility index (Phi) is 5.66. The van der Waals surface area contributed by atoms with Crippen molar-refractivity contribution in [3.63, 3.8) is 0 Å². The SMILES string of the molecule is COC(=O)CSC(CN)c1ccc(Br)s1. The lowest BCUT2D eigenvalue weighted by Gasteiger charge is -2.11. The largest absolute Gasteiger partial charge is 0.468 e. The molecule has 1 unspecified atom stereocenters. The number of halogens is 1. The average Bonchev–Trinajstić information content (AvgIpc) is 2.65. The summed E-state index contributed by atoms with van der Waals surface area (Å²) < 4.78 is 5.66. The van der Waals surface area contributed by atoms with E-state index in [0.29, 0.717) is 12.3 Å². The number of hydrogen-bond acceptors (Lipinski definition) is 5. The first-order chi connectivity index (χ1) is 7.17. The maximum Gasteiger partial charge on any atom is 0.315 e. The summed E-state index contributed by atoms with van der Waals surface area (Å²) >= 11 is 6.55. The number of ether oxygens (including phenoxy) is 1. The molecule has 1 aromatic heterocycles. The van der Waals surface area contributed by atoms with Crippen molar-refractivity contribution in [3.05, 3.63) is 20.8 Å². The molecule has 0 saturated heterocycles. The molecule has 0 aromatic carbocycles. The minimum absolute atomic E-state index is 0.167. The Hall–Kier alpha value is -0.0400. The number of nitrogens with two attached hydrogens (primary N) is 1. The van der Waals surface area contributed by atoms with Gasteiger partial charge < -0.3 is 10.5 Å². The number of esters is 1. The highest BCUT2D eigenvalue weighted by atomic mass is 79.9. The maximum atomic E-state index is 11.0. The van der Waals surface area contributed by atoms with Gasteiger partial charge in [0, 0.05) is 11.4 Å². The smallest absolute Gasteiger partial charge is 0.315 e. The van der Waals surface area contributed by atoms with Gasteiger partial charge in [0.05, 0.1) is 21.9 Å². The molecule has 1 aromatic rings. The van der Waals surface area contributed by atoms with Crippen LogP contribution in [0.5, 0.6) is 0 Å². The van der Waals surface area contributed by atoms with E-state index in [1.165, 1.54) is 23.7 Å². The molecule has 1 heterocycles. The average molecular weight is 310 g/mol. The number of carbonyl (C=O) groups is 1. The maximum absolute atomic E-state index is 11.0. The minimum atomic E-state index is -0.214. The van der Waals surface area contributed by atoms with Crippen LogP contribution < -0.4 is 5.73 Å². The Labute approximate surface area is 106 Å². The van der Waals surface area contributed by atoms with Crippen LogP contribution in [-0.2, 0) is 9.53 Å². The van der Waals surface area contributed by atoms with Crippen LogP contribution in [0.2, 0.25) is 0 Å². The van der Waals surface area contributed by atoms with E-state index in [2.05, 4.69) is 20.7 Å². The van der Waals surface area contributed by atoms with Crippen molar-refractivity contribution in [1.82, 2.24) is 0 Å². The highest BCUT2D eigenvalue weighted by Gasteiger charge is 2.14. The Morgan fingerprint density at radius 1 is 1.73 bits per heavy atom. The van der Waals surface area contributed by atoms with Crippen molar-refractivity contribution in [1.29, 1.82) is 0 Å². The summed E-state index contributed by atoms with van der Waals surface area (Å²) in [6.07, 6.45) is 0. The van der Waals surface area contributed by atoms with Gasteiger partial charge >= 0.3 is 5.97 Å². The monoisotopic (exact) mass is 309 g/mol. The molecule has 0 fully saturated rings. The molecule has 0 radical (unpaired) electrons. The number of thiophene rings is 1. The predicted molar refractivity (Wildman–Crippen MR) is 68.3 cm³/mol. The van der Waals surface area contributed by atoms with Gasteiger partial charge in [-0.1, -0.05) is 0 Å². The van der Waals surface area contributed by atoms with E-state index in [-0.39, 0.29) is 11.2 Å². The Bertz CT molecular complexity index is 330. The van der Waals surface area contributed by atoms with E-state index in [1.807, 2.05) is 12.1 Å². The second-order valence-electron chi connectivity index (χ2n) is 2.75. The van der Waals surface area contributed by atoms with Gasteiger partial charge in [-0.05, 0) is 28.1 Å². The van der Waals surface area contributed by atoms with Crippen LogP contribution in [0.25, 0.3) is 0 Å². The highest BCUT2D eigenvalue weighted by Crippen LogP contribution is 2.34. The normalized spacial score (nSPS) is 12.5. The van der Waals surface area contributed by atoms with Crippen molar-refractivity contribution >= 4 is 45.0 Å². The molecule has 0 saturated carbocycles. The standard InChI is InChI=1S/C9H12BrNO2S2/c1-13-9(12)5-14-7(4-11)6-2-3-8(10)15-6/h2-3,7H,4-5,11H2,1H3. The molecule has 3 nitrogen and oxygen atoms in total. The molecule has 0 bridgehead atoms. The zero-order valence-electron chi connectivity index (χ0n) is 8.23. The summed E-state index contributed by atoms with van der Waals surface area (Å²) in [7, 11) is 1.39. The van der Waals surface area contributed by atoms with E-state index < -0.39 is 0 Å². The molecule has 2 N–H and O–H groups in total. The van der Waals surface area contributed by atoms with Gasteiger partial charge in [0.15, 0.2) is 0 Å². The summed E-state index contributed by atoms with van der Waals surface area (Å²) in [5.74, 6) is 0.127. The lowest BCUT2D eigenvalue weighted by Crippen LogP contribution is -2.12. The van der Waals surface area contributed by atoms with Gasteiger partial charge in [-0.3, -0.25) is 4.79 Å². The Balaban J connectivity index is 2.53. The number of carbonyl (C=O) groups excluding carboxylic acids is 1. The third-order valence-corrected chi connectivity index (χ3v) is 4.89. The van der Waals surface area contributed by atoms with Crippen LogP contribution in [0.3, 0.4) is 0 Å². The number of methoxy groups -OCH3 is 1. The molecule has 84 valence electrons. The number of thioether (sulfide) groups is 1. The summed E-state index contributed by atoms with van der Waals surface area (Å²) in [4.78, 5) is 12.2. The van der Waals surface area contributed by atoms with E-state index in [0.717, 1.165) is 3.79 Å². The zero-order chi connectivity index (χ0) is 11.3. The summed E-state index contributed by atoms with van der Waals surface area (Å²) in [6, 6.07) is 4.01. The minimum Gasteiger partial charge on any atom is -0.468 e. The first-order valence-electron chi connectivity index (χ1n) is 4.31. The number of hydrogen-bond donors (Lipinski definition) is 1. The summed E-state index contributed by atoms with van der Waals surface area (Å²) in [6.45, 7) is 0.522. The molecule has 0 spiro atoms. The Morgan fingerprint density at radius 2 is 2.47 bits per heavy atom. The van der Waals surface area contributed by atoms with Crippen LogP contribution in [-0.4, -0.2) is 25.4 Å². The lowest BCUT2D eigenvalue weighted by atomic mass is 10.3. The van der Waals surface area contributed by atoms with Gasteiger partial charge in [0.2, 0.25) is 0 Å². The molecular weight excluding hydrogens is 298 g/mol. The van der Waals surface area contributed by atoms with Crippen molar-refractivity contribution in [3.8, 4) is 0 Å². The molecule has 0 amide bonds. The van der Waals surface area contributed by atoms with Crippen LogP contribution >= 0.6 is 39.0 Å². The Morgan fingerprint density at radius 3 is 2.93 bits per heavy atom. The van der Waals surface area contributed by atoms with Crippen molar-refractivity contribution in [2.24, 2.45) is 5.73 Å². The fourth-order valence-corrected chi connectivity index (χ4v) is 3.60. The fourth-order valence-electron chi connectivity index (χ4n) is 0.995. The molecule has 0 aliphatic rings.